The number of hydrogen-bond donors (Lipinski definition) is 0. The second-order valence-electron chi connectivity index (χ2n) is 6.23. The fourth-order valence-corrected chi connectivity index (χ4v) is 2.97. The summed E-state index contributed by atoms with van der Waals surface area (Å²) < 4.78 is 0. The van der Waals surface area contributed by atoms with Gasteiger partial charge in [0.25, 0.3) is 0 Å². The van der Waals surface area contributed by atoms with Gasteiger partial charge in [0.05, 0.1) is 11.5 Å². The molecule has 0 aromatic heterocycles. The number of rotatable bonds is 4. The minimum absolute atomic E-state index is 0.00574. The van der Waals surface area contributed by atoms with E-state index in [-0.39, 0.29) is 5.41 Å². The van der Waals surface area contributed by atoms with Crippen LogP contribution in [0.3, 0.4) is 0 Å². The van der Waals surface area contributed by atoms with Crippen molar-refractivity contribution in [2.24, 2.45) is 17.3 Å². The molecule has 0 bridgehead atoms. The van der Waals surface area contributed by atoms with Gasteiger partial charge in [0.15, 0.2) is 0 Å². The highest BCUT2D eigenvalue weighted by Gasteiger charge is 2.36. The van der Waals surface area contributed by atoms with E-state index in [1.54, 1.807) is 0 Å². The normalized spacial score (nSPS) is 25.6. The van der Waals surface area contributed by atoms with E-state index in [0.717, 1.165) is 38.3 Å². The third kappa shape index (κ3) is 2.98. The largest absolute Gasteiger partial charge is 0.303 e. The van der Waals surface area contributed by atoms with Gasteiger partial charge in [-0.15, -0.1) is 0 Å². The molecule has 2 heteroatoms. The van der Waals surface area contributed by atoms with E-state index in [1.807, 2.05) is 0 Å². The van der Waals surface area contributed by atoms with Crippen LogP contribution in [-0.2, 0) is 0 Å². The minimum Gasteiger partial charge on any atom is -0.303 e. The summed E-state index contributed by atoms with van der Waals surface area (Å²) in [5, 5.41) is 9.40. The van der Waals surface area contributed by atoms with Gasteiger partial charge >= 0.3 is 0 Å². The quantitative estimate of drug-likeness (QED) is 0.728. The number of hydrogen-bond acceptors (Lipinski definition) is 2. The number of nitrogens with zero attached hydrogens (tertiary/aromatic N) is 2. The third-order valence-electron chi connectivity index (χ3n) is 4.06. The van der Waals surface area contributed by atoms with E-state index >= 15 is 0 Å². The van der Waals surface area contributed by atoms with Gasteiger partial charge in [-0.1, -0.05) is 13.8 Å². The van der Waals surface area contributed by atoms with Crippen LogP contribution >= 0.6 is 0 Å². The maximum absolute atomic E-state index is 9.40. The van der Waals surface area contributed by atoms with Gasteiger partial charge in [-0.25, -0.2) is 0 Å². The van der Waals surface area contributed by atoms with Gasteiger partial charge in [-0.2, -0.15) is 5.26 Å². The highest BCUT2D eigenvalue weighted by molar-refractivity contribution is 5.02. The summed E-state index contributed by atoms with van der Waals surface area (Å²) in [5.41, 5.74) is -0.00574. The molecular formula is C14H24N2. The maximum Gasteiger partial charge on any atom is 0.0690 e. The van der Waals surface area contributed by atoms with Crippen molar-refractivity contribution in [3.8, 4) is 6.07 Å². The van der Waals surface area contributed by atoms with E-state index < -0.39 is 0 Å². The zero-order chi connectivity index (χ0) is 11.6. The van der Waals surface area contributed by atoms with Gasteiger partial charge in [-0.05, 0) is 57.0 Å². The molecule has 0 amide bonds. The molecular weight excluding hydrogens is 196 g/mol. The first-order chi connectivity index (χ1) is 7.63. The average Bonchev–Trinajstić information content (AvgIpc) is 3.04. The van der Waals surface area contributed by atoms with Gasteiger partial charge in [-0.3, -0.25) is 0 Å². The van der Waals surface area contributed by atoms with Crippen molar-refractivity contribution >= 4 is 0 Å². The topological polar surface area (TPSA) is 27.0 Å². The first-order valence-electron chi connectivity index (χ1n) is 6.77. The van der Waals surface area contributed by atoms with Crippen LogP contribution in [0.15, 0.2) is 0 Å². The third-order valence-corrected chi connectivity index (χ3v) is 4.06. The van der Waals surface area contributed by atoms with E-state index in [9.17, 15) is 5.26 Å². The number of nitriles is 1. The summed E-state index contributed by atoms with van der Waals surface area (Å²) in [6.07, 6.45) is 6.14. The Bertz CT molecular complexity index is 265. The van der Waals surface area contributed by atoms with Crippen LogP contribution in [0.2, 0.25) is 0 Å². The molecule has 2 fully saturated rings. The molecule has 90 valence electrons. The Morgan fingerprint density at radius 2 is 1.94 bits per heavy atom. The predicted molar refractivity (Wildman–Crippen MR) is 65.9 cm³/mol. The van der Waals surface area contributed by atoms with Gasteiger partial charge in [0, 0.05) is 6.54 Å². The van der Waals surface area contributed by atoms with Crippen LogP contribution in [0.4, 0.5) is 0 Å². The first kappa shape index (κ1) is 11.9. The van der Waals surface area contributed by atoms with E-state index in [4.69, 9.17) is 0 Å². The van der Waals surface area contributed by atoms with Crippen molar-refractivity contribution in [3.05, 3.63) is 0 Å². The van der Waals surface area contributed by atoms with Gasteiger partial charge in [0.1, 0.15) is 0 Å². The summed E-state index contributed by atoms with van der Waals surface area (Å²) >= 11 is 0. The van der Waals surface area contributed by atoms with E-state index in [0.29, 0.717) is 5.92 Å². The van der Waals surface area contributed by atoms with Crippen LogP contribution in [-0.4, -0.2) is 24.5 Å². The lowest BCUT2D eigenvalue weighted by Gasteiger charge is -2.38. The van der Waals surface area contributed by atoms with Crippen LogP contribution in [0, 0.1) is 28.6 Å². The molecule has 0 aromatic carbocycles. The Morgan fingerprint density at radius 3 is 2.38 bits per heavy atom. The SMILES string of the molecule is CC(C)CC1(C#N)CCN(CC2CC2)CC1. The maximum atomic E-state index is 9.40. The molecule has 0 atom stereocenters. The predicted octanol–water partition coefficient (Wildman–Crippen LogP) is 3.05. The van der Waals surface area contributed by atoms with Crippen LogP contribution < -0.4 is 0 Å². The molecule has 0 radical (unpaired) electrons. The smallest absolute Gasteiger partial charge is 0.0690 e. The summed E-state index contributed by atoms with van der Waals surface area (Å²) in [6.45, 7) is 8.06. The van der Waals surface area contributed by atoms with Crippen LogP contribution in [0.5, 0.6) is 0 Å². The lowest BCUT2D eigenvalue weighted by molar-refractivity contribution is 0.123. The molecule has 1 heterocycles. The van der Waals surface area contributed by atoms with Crippen molar-refractivity contribution in [1.29, 1.82) is 5.26 Å². The lowest BCUT2D eigenvalue weighted by atomic mass is 9.74. The molecule has 2 nitrogen and oxygen atoms in total. The molecule has 1 saturated heterocycles. The van der Waals surface area contributed by atoms with Crippen molar-refractivity contribution in [2.45, 2.75) is 46.0 Å². The Kier molecular flexibility index (Phi) is 3.54. The van der Waals surface area contributed by atoms with Gasteiger partial charge in [0.2, 0.25) is 0 Å². The molecule has 0 aromatic rings. The molecule has 1 aliphatic heterocycles. The average molecular weight is 220 g/mol. The number of likely N-dealkylation sites (tertiary alicyclic amines) is 1. The Hall–Kier alpha value is -0.550. The van der Waals surface area contributed by atoms with Crippen molar-refractivity contribution in [1.82, 2.24) is 4.90 Å². The fraction of sp³-hybridized carbons (Fsp3) is 0.929. The molecule has 0 N–H and O–H groups in total. The molecule has 16 heavy (non-hydrogen) atoms. The summed E-state index contributed by atoms with van der Waals surface area (Å²) in [5.74, 6) is 1.63. The Balaban J connectivity index is 1.83. The molecule has 1 saturated carbocycles. The van der Waals surface area contributed by atoms with Gasteiger partial charge < -0.3 is 4.90 Å². The van der Waals surface area contributed by atoms with Crippen LogP contribution in [0.1, 0.15) is 46.0 Å². The highest BCUT2D eigenvalue weighted by atomic mass is 15.1. The monoisotopic (exact) mass is 220 g/mol. The highest BCUT2D eigenvalue weighted by Crippen LogP contribution is 2.38. The van der Waals surface area contributed by atoms with E-state index in [2.05, 4.69) is 24.8 Å². The van der Waals surface area contributed by atoms with Crippen LogP contribution in [0.25, 0.3) is 0 Å². The molecule has 2 rings (SSSR count). The van der Waals surface area contributed by atoms with E-state index in [1.165, 1.54) is 19.4 Å². The summed E-state index contributed by atoms with van der Waals surface area (Å²) in [7, 11) is 0. The second kappa shape index (κ2) is 4.75. The van der Waals surface area contributed by atoms with Crippen molar-refractivity contribution in [2.75, 3.05) is 19.6 Å². The molecule has 1 aliphatic carbocycles. The van der Waals surface area contributed by atoms with Crippen molar-refractivity contribution in [3.63, 3.8) is 0 Å². The fourth-order valence-electron chi connectivity index (χ4n) is 2.97. The molecule has 2 aliphatic rings. The number of piperidine rings is 1. The zero-order valence-electron chi connectivity index (χ0n) is 10.7. The zero-order valence-corrected chi connectivity index (χ0v) is 10.7. The molecule has 0 spiro atoms. The summed E-state index contributed by atoms with van der Waals surface area (Å²) in [4.78, 5) is 2.58. The second-order valence-corrected chi connectivity index (χ2v) is 6.23. The summed E-state index contributed by atoms with van der Waals surface area (Å²) in [6, 6.07) is 2.61. The lowest BCUT2D eigenvalue weighted by Crippen LogP contribution is -2.40. The Labute approximate surface area is 99.6 Å². The minimum atomic E-state index is -0.00574. The Morgan fingerprint density at radius 1 is 1.31 bits per heavy atom. The van der Waals surface area contributed by atoms with Crippen molar-refractivity contribution < 1.29 is 0 Å². The standard InChI is InChI=1S/C14H24N2/c1-12(2)9-14(11-15)5-7-16(8-6-14)10-13-3-4-13/h12-13H,3-10H2,1-2H3. The first-order valence-corrected chi connectivity index (χ1v) is 6.77. The molecule has 0 unspecified atom stereocenters.